The van der Waals surface area contributed by atoms with E-state index in [1.165, 1.54) is 6.42 Å². The summed E-state index contributed by atoms with van der Waals surface area (Å²) in [5.41, 5.74) is 7.00. The summed E-state index contributed by atoms with van der Waals surface area (Å²) >= 11 is 0. The van der Waals surface area contributed by atoms with Crippen LogP contribution in [0.5, 0.6) is 0 Å². The zero-order valence-corrected chi connectivity index (χ0v) is 12.0. The van der Waals surface area contributed by atoms with Gasteiger partial charge in [-0.2, -0.15) is 0 Å². The van der Waals surface area contributed by atoms with E-state index in [-0.39, 0.29) is 6.04 Å². The van der Waals surface area contributed by atoms with Crippen LogP contribution < -0.4 is 5.73 Å². The number of hydrogen-bond acceptors (Lipinski definition) is 5. The lowest BCUT2D eigenvalue weighted by Crippen LogP contribution is -2.39. The average molecular weight is 263 g/mol. The third-order valence-corrected chi connectivity index (χ3v) is 4.13. The highest BCUT2D eigenvalue weighted by Crippen LogP contribution is 2.24. The van der Waals surface area contributed by atoms with Gasteiger partial charge in [0.05, 0.1) is 11.7 Å². The SMILES string of the molecule is CCN(CC)C1CCN(C(CN)c2ccncn2)C1. The summed E-state index contributed by atoms with van der Waals surface area (Å²) < 4.78 is 0. The highest BCUT2D eigenvalue weighted by molar-refractivity contribution is 5.07. The van der Waals surface area contributed by atoms with E-state index in [1.807, 2.05) is 6.07 Å². The van der Waals surface area contributed by atoms with E-state index in [0.717, 1.165) is 31.9 Å². The molecular formula is C14H25N5. The van der Waals surface area contributed by atoms with Crippen molar-refractivity contribution >= 4 is 0 Å². The van der Waals surface area contributed by atoms with E-state index in [4.69, 9.17) is 5.73 Å². The normalized spacial score (nSPS) is 22.0. The summed E-state index contributed by atoms with van der Waals surface area (Å²) in [6.07, 6.45) is 4.63. The molecule has 1 aromatic rings. The highest BCUT2D eigenvalue weighted by atomic mass is 15.3. The first-order valence-corrected chi connectivity index (χ1v) is 7.24. The molecule has 1 aliphatic heterocycles. The molecule has 1 fully saturated rings. The Morgan fingerprint density at radius 1 is 1.47 bits per heavy atom. The Morgan fingerprint density at radius 3 is 2.84 bits per heavy atom. The fourth-order valence-corrected chi connectivity index (χ4v) is 3.04. The van der Waals surface area contributed by atoms with Gasteiger partial charge in [0.25, 0.3) is 0 Å². The lowest BCUT2D eigenvalue weighted by Gasteiger charge is -2.29. The largest absolute Gasteiger partial charge is 0.329 e. The van der Waals surface area contributed by atoms with Gasteiger partial charge in [-0.1, -0.05) is 13.8 Å². The minimum absolute atomic E-state index is 0.226. The van der Waals surface area contributed by atoms with Crippen molar-refractivity contribution in [3.05, 3.63) is 24.3 Å². The molecule has 0 bridgehead atoms. The fraction of sp³-hybridized carbons (Fsp3) is 0.714. The standard InChI is InChI=1S/C14H25N5/c1-3-18(4-2)12-6-8-19(10-12)14(9-15)13-5-7-16-11-17-13/h5,7,11-12,14H,3-4,6,8-10,15H2,1-2H3. The minimum atomic E-state index is 0.226. The number of hydrogen-bond donors (Lipinski definition) is 1. The third kappa shape index (κ3) is 3.29. The van der Waals surface area contributed by atoms with Crippen molar-refractivity contribution in [2.24, 2.45) is 5.73 Å². The Morgan fingerprint density at radius 2 is 2.26 bits per heavy atom. The topological polar surface area (TPSA) is 58.3 Å². The molecule has 0 aliphatic carbocycles. The van der Waals surface area contributed by atoms with E-state index in [0.29, 0.717) is 12.6 Å². The maximum Gasteiger partial charge on any atom is 0.115 e. The Kier molecular flexibility index (Phi) is 5.24. The maximum absolute atomic E-state index is 5.96. The molecule has 2 unspecified atom stereocenters. The van der Waals surface area contributed by atoms with Crippen LogP contribution in [-0.4, -0.2) is 58.5 Å². The first-order valence-electron chi connectivity index (χ1n) is 7.24. The molecule has 0 spiro atoms. The molecule has 0 aromatic carbocycles. The molecular weight excluding hydrogens is 238 g/mol. The van der Waals surface area contributed by atoms with Crippen molar-refractivity contribution in [1.82, 2.24) is 19.8 Å². The van der Waals surface area contributed by atoms with Gasteiger partial charge in [-0.15, -0.1) is 0 Å². The molecule has 1 aliphatic rings. The second-order valence-electron chi connectivity index (χ2n) is 5.04. The second-order valence-corrected chi connectivity index (χ2v) is 5.04. The lowest BCUT2D eigenvalue weighted by atomic mass is 10.1. The number of likely N-dealkylation sites (N-methyl/N-ethyl adjacent to an activating group) is 1. The number of aromatic nitrogens is 2. The Balaban J connectivity index is 2.02. The second kappa shape index (κ2) is 6.93. The van der Waals surface area contributed by atoms with Crippen molar-refractivity contribution < 1.29 is 0 Å². The van der Waals surface area contributed by atoms with Crippen LogP contribution in [0.4, 0.5) is 0 Å². The summed E-state index contributed by atoms with van der Waals surface area (Å²) in [5, 5.41) is 0. The van der Waals surface area contributed by atoms with Crippen molar-refractivity contribution in [3.63, 3.8) is 0 Å². The van der Waals surface area contributed by atoms with E-state index in [9.17, 15) is 0 Å². The predicted molar refractivity (Wildman–Crippen MR) is 76.7 cm³/mol. The van der Waals surface area contributed by atoms with E-state index >= 15 is 0 Å². The van der Waals surface area contributed by atoms with Crippen molar-refractivity contribution in [1.29, 1.82) is 0 Å². The van der Waals surface area contributed by atoms with Gasteiger partial charge in [-0.3, -0.25) is 9.80 Å². The van der Waals surface area contributed by atoms with Crippen LogP contribution in [0.2, 0.25) is 0 Å². The molecule has 1 aromatic heterocycles. The van der Waals surface area contributed by atoms with Gasteiger partial charge in [-0.25, -0.2) is 9.97 Å². The Bertz CT molecular complexity index is 365. The van der Waals surface area contributed by atoms with Gasteiger partial charge < -0.3 is 5.73 Å². The molecule has 2 heterocycles. The fourth-order valence-electron chi connectivity index (χ4n) is 3.04. The molecule has 1 saturated heterocycles. The molecule has 5 nitrogen and oxygen atoms in total. The molecule has 5 heteroatoms. The number of nitrogens with two attached hydrogens (primary N) is 1. The summed E-state index contributed by atoms with van der Waals surface area (Å²) in [6.45, 7) is 9.52. The first-order chi connectivity index (χ1) is 9.30. The summed E-state index contributed by atoms with van der Waals surface area (Å²) in [4.78, 5) is 13.3. The molecule has 0 saturated carbocycles. The number of nitrogens with zero attached hydrogens (tertiary/aromatic N) is 4. The van der Waals surface area contributed by atoms with Gasteiger partial charge in [0.1, 0.15) is 6.33 Å². The Hall–Kier alpha value is -1.04. The third-order valence-electron chi connectivity index (χ3n) is 4.13. The van der Waals surface area contributed by atoms with E-state index < -0.39 is 0 Å². The minimum Gasteiger partial charge on any atom is -0.329 e. The molecule has 19 heavy (non-hydrogen) atoms. The summed E-state index contributed by atoms with van der Waals surface area (Å²) in [6, 6.07) is 2.86. The van der Waals surface area contributed by atoms with Crippen LogP contribution in [-0.2, 0) is 0 Å². The van der Waals surface area contributed by atoms with Crippen LogP contribution in [0.1, 0.15) is 32.0 Å². The summed E-state index contributed by atoms with van der Waals surface area (Å²) in [7, 11) is 0. The predicted octanol–water partition coefficient (Wildman–Crippen LogP) is 0.892. The van der Waals surface area contributed by atoms with Gasteiger partial charge >= 0.3 is 0 Å². The molecule has 0 amide bonds. The quantitative estimate of drug-likeness (QED) is 0.826. The highest BCUT2D eigenvalue weighted by Gasteiger charge is 2.31. The van der Waals surface area contributed by atoms with Gasteiger partial charge in [0.2, 0.25) is 0 Å². The van der Waals surface area contributed by atoms with Gasteiger partial charge in [0, 0.05) is 31.9 Å². The molecule has 0 radical (unpaired) electrons. The van der Waals surface area contributed by atoms with Crippen LogP contribution in [0.3, 0.4) is 0 Å². The van der Waals surface area contributed by atoms with Gasteiger partial charge in [-0.05, 0) is 25.6 Å². The van der Waals surface area contributed by atoms with Crippen molar-refractivity contribution in [3.8, 4) is 0 Å². The molecule has 2 N–H and O–H groups in total. The maximum atomic E-state index is 5.96. The monoisotopic (exact) mass is 263 g/mol. The van der Waals surface area contributed by atoms with E-state index in [1.54, 1.807) is 12.5 Å². The first kappa shape index (κ1) is 14.4. The lowest BCUT2D eigenvalue weighted by molar-refractivity contribution is 0.188. The van der Waals surface area contributed by atoms with Crippen LogP contribution >= 0.6 is 0 Å². The molecule has 2 atom stereocenters. The van der Waals surface area contributed by atoms with Crippen LogP contribution in [0, 0.1) is 0 Å². The van der Waals surface area contributed by atoms with Crippen molar-refractivity contribution in [2.75, 3.05) is 32.7 Å². The number of rotatable bonds is 6. The van der Waals surface area contributed by atoms with Crippen molar-refractivity contribution in [2.45, 2.75) is 32.4 Å². The average Bonchev–Trinajstić information content (AvgIpc) is 2.92. The Labute approximate surface area is 115 Å². The van der Waals surface area contributed by atoms with Crippen LogP contribution in [0.25, 0.3) is 0 Å². The smallest absolute Gasteiger partial charge is 0.115 e. The van der Waals surface area contributed by atoms with E-state index in [2.05, 4.69) is 33.6 Å². The zero-order chi connectivity index (χ0) is 13.7. The molecule has 106 valence electrons. The zero-order valence-electron chi connectivity index (χ0n) is 12.0. The van der Waals surface area contributed by atoms with Crippen LogP contribution in [0.15, 0.2) is 18.6 Å². The van der Waals surface area contributed by atoms with Gasteiger partial charge in [0.15, 0.2) is 0 Å². The summed E-state index contributed by atoms with van der Waals surface area (Å²) in [5.74, 6) is 0. The molecule has 2 rings (SSSR count). The number of likely N-dealkylation sites (tertiary alicyclic amines) is 1.